The molecule has 1 N–H and O–H groups in total. The standard InChI is InChI=1S/C22H35N3O3/c1-15-11-25(16(2)14-26)22(27)18-7-6-8-19(23(3)4)21(18)28-20(15)13-24(5)12-17-9-10-17/h6-8,15-17,20,26H,9-14H2,1-5H3/t15-,16-,20+/m0/s1. The van der Waals surface area contributed by atoms with E-state index in [0.717, 1.165) is 24.7 Å². The van der Waals surface area contributed by atoms with Gasteiger partial charge < -0.3 is 24.5 Å². The second-order valence-electron chi connectivity index (χ2n) is 8.84. The number of fused-ring (bicyclic) bond motifs is 1. The van der Waals surface area contributed by atoms with Crippen molar-refractivity contribution in [3.63, 3.8) is 0 Å². The molecule has 156 valence electrons. The number of aliphatic hydroxyl groups excluding tert-OH is 1. The number of nitrogens with zero attached hydrogens (tertiary/aromatic N) is 3. The molecule has 1 fully saturated rings. The van der Waals surface area contributed by atoms with E-state index >= 15 is 0 Å². The lowest BCUT2D eigenvalue weighted by Gasteiger charge is -2.39. The summed E-state index contributed by atoms with van der Waals surface area (Å²) in [5.74, 6) is 1.56. The highest BCUT2D eigenvalue weighted by Crippen LogP contribution is 2.36. The summed E-state index contributed by atoms with van der Waals surface area (Å²) in [5.41, 5.74) is 1.49. The fraction of sp³-hybridized carbons (Fsp3) is 0.682. The summed E-state index contributed by atoms with van der Waals surface area (Å²) in [7, 11) is 6.09. The van der Waals surface area contributed by atoms with Gasteiger partial charge in [-0.1, -0.05) is 13.0 Å². The van der Waals surface area contributed by atoms with Gasteiger partial charge in [0.15, 0.2) is 5.75 Å². The van der Waals surface area contributed by atoms with Crippen LogP contribution in [0.2, 0.25) is 0 Å². The van der Waals surface area contributed by atoms with Crippen LogP contribution in [0.3, 0.4) is 0 Å². The predicted molar refractivity (Wildman–Crippen MR) is 112 cm³/mol. The van der Waals surface area contributed by atoms with Gasteiger partial charge in [0.25, 0.3) is 5.91 Å². The number of aliphatic hydroxyl groups is 1. The molecule has 1 aromatic rings. The number of anilines is 1. The Morgan fingerprint density at radius 1 is 1.25 bits per heavy atom. The third-order valence-corrected chi connectivity index (χ3v) is 5.91. The Bertz CT molecular complexity index is 690. The minimum atomic E-state index is -0.228. The largest absolute Gasteiger partial charge is 0.486 e. The first-order valence-electron chi connectivity index (χ1n) is 10.4. The molecule has 28 heavy (non-hydrogen) atoms. The average Bonchev–Trinajstić information content (AvgIpc) is 3.47. The van der Waals surface area contributed by atoms with Crippen molar-refractivity contribution >= 4 is 11.6 Å². The fourth-order valence-corrected chi connectivity index (χ4v) is 3.92. The summed E-state index contributed by atoms with van der Waals surface area (Å²) in [6.45, 7) is 6.50. The van der Waals surface area contributed by atoms with E-state index in [0.29, 0.717) is 17.9 Å². The molecule has 2 aliphatic rings. The topological polar surface area (TPSA) is 56.3 Å². The van der Waals surface area contributed by atoms with E-state index in [2.05, 4.69) is 18.9 Å². The Morgan fingerprint density at radius 3 is 2.57 bits per heavy atom. The number of likely N-dealkylation sites (N-methyl/N-ethyl adjacent to an activating group) is 1. The lowest BCUT2D eigenvalue weighted by atomic mass is 9.99. The van der Waals surface area contributed by atoms with Crippen LogP contribution in [0.25, 0.3) is 0 Å². The Balaban J connectivity index is 1.96. The molecule has 0 unspecified atom stereocenters. The summed E-state index contributed by atoms with van der Waals surface area (Å²) in [4.78, 5) is 19.5. The smallest absolute Gasteiger partial charge is 0.258 e. The van der Waals surface area contributed by atoms with Crippen molar-refractivity contribution in [2.24, 2.45) is 11.8 Å². The molecule has 1 saturated carbocycles. The zero-order valence-corrected chi connectivity index (χ0v) is 17.9. The quantitative estimate of drug-likeness (QED) is 0.776. The summed E-state index contributed by atoms with van der Waals surface area (Å²) in [6, 6.07) is 5.50. The number of carbonyl (C=O) groups is 1. The van der Waals surface area contributed by atoms with Crippen LogP contribution in [0.4, 0.5) is 5.69 Å². The van der Waals surface area contributed by atoms with Crippen LogP contribution < -0.4 is 9.64 Å². The molecule has 0 radical (unpaired) electrons. The number of hydrogen-bond donors (Lipinski definition) is 1. The first kappa shape index (κ1) is 20.9. The van der Waals surface area contributed by atoms with Gasteiger partial charge in [-0.25, -0.2) is 0 Å². The van der Waals surface area contributed by atoms with Gasteiger partial charge in [-0.05, 0) is 44.9 Å². The summed E-state index contributed by atoms with van der Waals surface area (Å²) < 4.78 is 6.55. The van der Waals surface area contributed by atoms with Crippen LogP contribution in [0, 0.1) is 11.8 Å². The SMILES string of the molecule is C[C@H]1CN([C@@H](C)CO)C(=O)c2cccc(N(C)C)c2O[C@@H]1CN(C)CC1CC1. The molecule has 0 aromatic heterocycles. The van der Waals surface area contributed by atoms with Gasteiger partial charge in [0.1, 0.15) is 6.10 Å². The van der Waals surface area contributed by atoms with Crippen molar-refractivity contribution in [2.45, 2.75) is 38.8 Å². The Kier molecular flexibility index (Phi) is 6.50. The molecule has 6 heteroatoms. The van der Waals surface area contributed by atoms with Crippen molar-refractivity contribution in [1.82, 2.24) is 9.80 Å². The van der Waals surface area contributed by atoms with Crippen molar-refractivity contribution in [3.8, 4) is 5.75 Å². The first-order valence-corrected chi connectivity index (χ1v) is 10.4. The third-order valence-electron chi connectivity index (χ3n) is 5.91. The maximum absolute atomic E-state index is 13.3. The van der Waals surface area contributed by atoms with Gasteiger partial charge in [-0.2, -0.15) is 0 Å². The normalized spacial score (nSPS) is 23.7. The van der Waals surface area contributed by atoms with Crippen LogP contribution in [0.5, 0.6) is 5.75 Å². The zero-order chi connectivity index (χ0) is 20.4. The maximum atomic E-state index is 13.3. The highest BCUT2D eigenvalue weighted by Gasteiger charge is 2.35. The summed E-state index contributed by atoms with van der Waals surface area (Å²) in [6.07, 6.45) is 2.63. The number of rotatable bonds is 7. The molecule has 1 aromatic carbocycles. The first-order chi connectivity index (χ1) is 13.3. The lowest BCUT2D eigenvalue weighted by Crippen LogP contribution is -2.50. The molecular weight excluding hydrogens is 354 g/mol. The monoisotopic (exact) mass is 389 g/mol. The van der Waals surface area contributed by atoms with E-state index in [-0.39, 0.29) is 30.6 Å². The zero-order valence-electron chi connectivity index (χ0n) is 17.9. The Labute approximate surface area is 169 Å². The molecule has 1 aliphatic heterocycles. The molecule has 0 spiro atoms. The highest BCUT2D eigenvalue weighted by molar-refractivity contribution is 5.99. The number of ether oxygens (including phenoxy) is 1. The lowest BCUT2D eigenvalue weighted by molar-refractivity contribution is 0.0345. The molecule has 1 heterocycles. The van der Waals surface area contributed by atoms with E-state index in [1.165, 1.54) is 12.8 Å². The highest BCUT2D eigenvalue weighted by atomic mass is 16.5. The predicted octanol–water partition coefficient (Wildman–Crippen LogP) is 2.31. The number of para-hydroxylation sites is 1. The molecule has 3 atom stereocenters. The molecular formula is C22H35N3O3. The molecule has 0 bridgehead atoms. The van der Waals surface area contributed by atoms with E-state index < -0.39 is 0 Å². The molecule has 1 aliphatic carbocycles. The van der Waals surface area contributed by atoms with Crippen molar-refractivity contribution in [1.29, 1.82) is 0 Å². The number of hydrogen-bond acceptors (Lipinski definition) is 5. The third kappa shape index (κ3) is 4.61. The van der Waals surface area contributed by atoms with E-state index in [9.17, 15) is 9.90 Å². The fourth-order valence-electron chi connectivity index (χ4n) is 3.92. The van der Waals surface area contributed by atoms with Crippen molar-refractivity contribution in [2.75, 3.05) is 52.3 Å². The molecule has 6 nitrogen and oxygen atoms in total. The Morgan fingerprint density at radius 2 is 1.96 bits per heavy atom. The van der Waals surface area contributed by atoms with Gasteiger partial charge >= 0.3 is 0 Å². The second-order valence-corrected chi connectivity index (χ2v) is 8.84. The van der Waals surface area contributed by atoms with Crippen LogP contribution in [0.1, 0.15) is 37.0 Å². The van der Waals surface area contributed by atoms with Crippen LogP contribution in [-0.2, 0) is 0 Å². The molecule has 1 amide bonds. The van der Waals surface area contributed by atoms with Crippen LogP contribution >= 0.6 is 0 Å². The van der Waals surface area contributed by atoms with Crippen LogP contribution in [-0.4, -0.2) is 80.3 Å². The number of benzene rings is 1. The van der Waals surface area contributed by atoms with Gasteiger partial charge in [-0.15, -0.1) is 0 Å². The van der Waals surface area contributed by atoms with E-state index in [4.69, 9.17) is 4.74 Å². The number of carbonyl (C=O) groups excluding carboxylic acids is 1. The van der Waals surface area contributed by atoms with Gasteiger partial charge in [0, 0.05) is 39.6 Å². The van der Waals surface area contributed by atoms with Crippen molar-refractivity contribution < 1.29 is 14.6 Å². The second kappa shape index (κ2) is 8.70. The number of amides is 1. The van der Waals surface area contributed by atoms with E-state index in [1.807, 2.05) is 44.1 Å². The molecule has 3 rings (SSSR count). The van der Waals surface area contributed by atoms with Crippen molar-refractivity contribution in [3.05, 3.63) is 23.8 Å². The minimum Gasteiger partial charge on any atom is -0.486 e. The van der Waals surface area contributed by atoms with Gasteiger partial charge in [0.2, 0.25) is 0 Å². The Hall–Kier alpha value is -1.79. The molecule has 0 saturated heterocycles. The minimum absolute atomic E-state index is 0.0231. The van der Waals surface area contributed by atoms with Crippen LogP contribution in [0.15, 0.2) is 18.2 Å². The van der Waals surface area contributed by atoms with E-state index in [1.54, 1.807) is 4.90 Å². The summed E-state index contributed by atoms with van der Waals surface area (Å²) >= 11 is 0. The van der Waals surface area contributed by atoms with Gasteiger partial charge in [-0.3, -0.25) is 4.79 Å². The van der Waals surface area contributed by atoms with Gasteiger partial charge in [0.05, 0.1) is 23.9 Å². The summed E-state index contributed by atoms with van der Waals surface area (Å²) in [5, 5.41) is 9.72. The average molecular weight is 390 g/mol. The maximum Gasteiger partial charge on any atom is 0.258 e.